The monoisotopic (exact) mass is 500 g/mol. The predicted octanol–water partition coefficient (Wildman–Crippen LogP) is 6.52. The predicted molar refractivity (Wildman–Crippen MR) is 125 cm³/mol. The van der Waals surface area contributed by atoms with E-state index < -0.39 is 0 Å². The molecule has 0 aliphatic heterocycles. The summed E-state index contributed by atoms with van der Waals surface area (Å²) in [6.45, 7) is 33.9. The Morgan fingerprint density at radius 1 is 0.621 bits per heavy atom. The summed E-state index contributed by atoms with van der Waals surface area (Å²) < 4.78 is 0. The summed E-state index contributed by atoms with van der Waals surface area (Å²) >= 11 is 0. The molecule has 0 aliphatic rings. The Bertz CT molecular complexity index is 298. The third kappa shape index (κ3) is 27.8. The van der Waals surface area contributed by atoms with Gasteiger partial charge in [0.25, 0.3) is 0 Å². The molecule has 0 N–H and O–H groups in total. The zero-order valence-electron chi connectivity index (χ0n) is 20.8. The van der Waals surface area contributed by atoms with Gasteiger partial charge in [0, 0.05) is 0 Å². The van der Waals surface area contributed by atoms with Gasteiger partial charge in [-0.2, -0.15) is 13.1 Å². The number of hydrogen-bond acceptors (Lipinski definition) is 2. The van der Waals surface area contributed by atoms with Crippen molar-refractivity contribution in [3.63, 3.8) is 0 Å². The summed E-state index contributed by atoms with van der Waals surface area (Å²) in [5.74, 6) is 0. The van der Waals surface area contributed by atoms with Gasteiger partial charge >= 0.3 is 19.5 Å². The van der Waals surface area contributed by atoms with Crippen molar-refractivity contribution >= 4 is 13.6 Å². The zero-order chi connectivity index (χ0) is 23.6. The van der Waals surface area contributed by atoms with E-state index in [9.17, 15) is 0 Å². The first-order valence-electron chi connectivity index (χ1n) is 9.95. The van der Waals surface area contributed by atoms with Crippen LogP contribution in [0.4, 0.5) is 0 Å². The summed E-state index contributed by atoms with van der Waals surface area (Å²) in [6, 6.07) is 0.758. The van der Waals surface area contributed by atoms with Crippen LogP contribution in [0.2, 0.25) is 0 Å². The van der Waals surface area contributed by atoms with E-state index in [4.69, 9.17) is 9.59 Å². The molecule has 174 valence electrons. The molecule has 0 fully saturated rings. The molecule has 0 saturated carbocycles. The Hall–Kier alpha value is -0.197. The normalized spacial score (nSPS) is 12.9. The summed E-state index contributed by atoms with van der Waals surface area (Å²) in [6.07, 6.45) is 0.310. The van der Waals surface area contributed by atoms with Crippen LogP contribution in [0.5, 0.6) is 0 Å². The van der Waals surface area contributed by atoms with E-state index in [1.807, 2.05) is 0 Å². The largest absolute Gasteiger partial charge is 6.00 e. The van der Waals surface area contributed by atoms with Crippen LogP contribution in [-0.2, 0) is 29.1 Å². The summed E-state index contributed by atoms with van der Waals surface area (Å²) in [5, 5.41) is 18.1. The molecule has 0 heterocycles. The third-order valence-corrected chi connectivity index (χ3v) is 3.14. The van der Waals surface area contributed by atoms with Crippen molar-refractivity contribution in [1.29, 1.82) is 0 Å². The average Bonchev–Trinajstić information content (AvgIpc) is 2.56. The van der Waals surface area contributed by atoms with E-state index in [1.54, 1.807) is 0 Å². The second kappa shape index (κ2) is 22.5. The molecular formula is C22H46N4O2Ru. The van der Waals surface area contributed by atoms with E-state index in [1.165, 1.54) is 0 Å². The second-order valence-electron chi connectivity index (χ2n) is 8.96. The molecule has 0 aromatic carbocycles. The number of rotatable bonds is 8. The summed E-state index contributed by atoms with van der Waals surface area (Å²) in [7, 11) is 0. The molecule has 0 amide bonds. The number of hydrogen-bond donors (Lipinski definition) is 0. The van der Waals surface area contributed by atoms with Crippen molar-refractivity contribution in [3.05, 3.63) is 21.3 Å². The van der Waals surface area contributed by atoms with E-state index >= 15 is 0 Å². The Morgan fingerprint density at radius 3 is 0.931 bits per heavy atom. The van der Waals surface area contributed by atoms with Gasteiger partial charge in [-0.05, 0) is 0 Å². The van der Waals surface area contributed by atoms with Gasteiger partial charge in [0.15, 0.2) is 0 Å². The summed E-state index contributed by atoms with van der Waals surface area (Å²) in [4.78, 5) is 15.5. The van der Waals surface area contributed by atoms with Crippen molar-refractivity contribution < 1.29 is 29.1 Å². The Morgan fingerprint density at radius 2 is 0.828 bits per heavy atom. The molecule has 7 heteroatoms. The zero-order valence-corrected chi connectivity index (χ0v) is 22.6. The van der Waals surface area contributed by atoms with Gasteiger partial charge in [-0.1, -0.05) is 93.9 Å². The third-order valence-electron chi connectivity index (χ3n) is 3.14. The van der Waals surface area contributed by atoms with Crippen LogP contribution < -0.4 is 0 Å². The van der Waals surface area contributed by atoms with Crippen molar-refractivity contribution in [1.82, 2.24) is 0 Å². The summed E-state index contributed by atoms with van der Waals surface area (Å²) in [5.41, 5.74) is 0.334. The van der Waals surface area contributed by atoms with Gasteiger partial charge in [-0.15, -0.1) is 12.1 Å². The van der Waals surface area contributed by atoms with Gasteiger partial charge in [0.2, 0.25) is 0 Å². The molecule has 2 unspecified atom stereocenters. The SMILES string of the molecule is CC[N-]C([N-]C(C)C)C(C)(C)C.CC[N-]C([N-]C(C)C)C(C)(C)C.[CH-]=O.[CH-]=O.[Ru+6]. The topological polar surface area (TPSA) is 90.5 Å². The molecule has 0 aliphatic carbocycles. The maximum absolute atomic E-state index is 7.75. The van der Waals surface area contributed by atoms with Crippen molar-refractivity contribution in [2.45, 2.75) is 108 Å². The quantitative estimate of drug-likeness (QED) is 0.216. The molecule has 0 aromatic heterocycles. The van der Waals surface area contributed by atoms with E-state index in [2.05, 4.69) is 118 Å². The molecule has 0 spiro atoms. The molecule has 6 nitrogen and oxygen atoms in total. The molecule has 0 saturated heterocycles. The van der Waals surface area contributed by atoms with Crippen LogP contribution in [0.15, 0.2) is 0 Å². The minimum Gasteiger partial charge on any atom is -0.678 e. The fourth-order valence-corrected chi connectivity index (χ4v) is 2.00. The smallest absolute Gasteiger partial charge is 0.678 e. The molecule has 2 atom stereocenters. The Kier molecular flexibility index (Phi) is 30.5. The standard InChI is InChI=1S/2C10H22N2.2CHO.Ru/c2*1-7-11-9(10(4,5)6)12-8(2)3;2*1-2;/h2*8-9H,7H2,1-6H3;2*1H;/q2*-2;2*-1;+6. The maximum Gasteiger partial charge on any atom is 6.00 e. The Balaban J connectivity index is -0.000000109. The first kappa shape index (κ1) is 39.3. The van der Waals surface area contributed by atoms with Crippen LogP contribution in [0.3, 0.4) is 0 Å². The number of nitrogens with zero attached hydrogens (tertiary/aromatic N) is 4. The average molecular weight is 500 g/mol. The molecule has 0 radical (unpaired) electrons. The first-order valence-corrected chi connectivity index (χ1v) is 9.95. The minimum atomic E-state index is 0. The molecular weight excluding hydrogens is 453 g/mol. The number of carbonyl (C=O) groups excluding carboxylic acids is 2. The molecule has 29 heavy (non-hydrogen) atoms. The van der Waals surface area contributed by atoms with Crippen molar-refractivity contribution in [2.75, 3.05) is 13.1 Å². The van der Waals surface area contributed by atoms with Crippen LogP contribution >= 0.6 is 0 Å². The van der Waals surface area contributed by atoms with Crippen LogP contribution in [-0.4, -0.2) is 51.1 Å². The van der Waals surface area contributed by atoms with E-state index in [0.717, 1.165) is 13.1 Å². The van der Waals surface area contributed by atoms with Crippen LogP contribution in [0.25, 0.3) is 21.3 Å². The van der Waals surface area contributed by atoms with Crippen LogP contribution in [0, 0.1) is 10.8 Å². The van der Waals surface area contributed by atoms with Gasteiger partial charge in [0.1, 0.15) is 0 Å². The van der Waals surface area contributed by atoms with Gasteiger partial charge < -0.3 is 30.9 Å². The fourth-order valence-electron chi connectivity index (χ4n) is 2.00. The Labute approximate surface area is 195 Å². The van der Waals surface area contributed by atoms with Gasteiger partial charge in [-0.3, -0.25) is 13.6 Å². The van der Waals surface area contributed by atoms with Crippen LogP contribution in [0.1, 0.15) is 83.1 Å². The van der Waals surface area contributed by atoms with Gasteiger partial charge in [-0.25, -0.2) is 12.3 Å². The molecule has 0 rings (SSSR count). The van der Waals surface area contributed by atoms with Gasteiger partial charge in [0.05, 0.1) is 0 Å². The first-order chi connectivity index (χ1) is 12.8. The van der Waals surface area contributed by atoms with E-state index in [-0.39, 0.29) is 42.6 Å². The minimum absolute atomic E-state index is 0. The second-order valence-corrected chi connectivity index (χ2v) is 8.96. The fraction of sp³-hybridized carbons (Fsp3) is 0.909. The van der Waals surface area contributed by atoms with E-state index in [0.29, 0.717) is 12.1 Å². The van der Waals surface area contributed by atoms with Crippen molar-refractivity contribution in [3.8, 4) is 0 Å². The molecule has 0 bridgehead atoms. The van der Waals surface area contributed by atoms with Crippen molar-refractivity contribution in [2.24, 2.45) is 10.8 Å². The maximum atomic E-state index is 7.75. The molecule has 0 aromatic rings.